The van der Waals surface area contributed by atoms with E-state index in [-0.39, 0.29) is 42.5 Å². The van der Waals surface area contributed by atoms with Crippen LogP contribution in [0.15, 0.2) is 54.6 Å². The Balaban J connectivity index is 0.00000300. The van der Waals surface area contributed by atoms with E-state index in [1.165, 1.54) is 13.0 Å². The van der Waals surface area contributed by atoms with Gasteiger partial charge in [0.15, 0.2) is 5.78 Å². The van der Waals surface area contributed by atoms with E-state index in [4.69, 9.17) is 0 Å². The number of Topliss-reactive ketones (excluding diaryl/α,β-unsaturated/α-hetero) is 1. The van der Waals surface area contributed by atoms with Crippen molar-refractivity contribution < 1.29 is 33.2 Å². The predicted molar refractivity (Wildman–Crippen MR) is 110 cm³/mol. The molecule has 0 fully saturated rings. The smallest absolute Gasteiger partial charge is 0.623 e. The molecule has 1 heterocycles. The number of amides is 2. The topological polar surface area (TPSA) is 77.3 Å². The van der Waals surface area contributed by atoms with Crippen LogP contribution in [0, 0.1) is 5.92 Å². The Hall–Kier alpha value is -2.61. The molecule has 2 aromatic rings. The summed E-state index contributed by atoms with van der Waals surface area (Å²) < 4.78 is 0. The largest absolute Gasteiger partial charge is 1.00 e. The summed E-state index contributed by atoms with van der Waals surface area (Å²) in [5.41, 5.74) is 3.02. The van der Waals surface area contributed by atoms with E-state index < -0.39 is 5.91 Å². The molecule has 2 aromatic carbocycles. The number of fused-ring (bicyclic) bond motifs is 1. The second-order valence-corrected chi connectivity index (χ2v) is 7.04. The third-order valence-corrected chi connectivity index (χ3v) is 5.09. The van der Waals surface area contributed by atoms with Crippen LogP contribution in [-0.2, 0) is 4.79 Å². The van der Waals surface area contributed by atoms with Gasteiger partial charge in [0.2, 0.25) is 0 Å². The van der Waals surface area contributed by atoms with E-state index in [1.54, 1.807) is 36.4 Å². The second-order valence-electron chi connectivity index (χ2n) is 7.04. The number of hydrogen-bond donors (Lipinski definition) is 1. The van der Waals surface area contributed by atoms with Gasteiger partial charge in [-0.15, -0.1) is 5.69 Å². The van der Waals surface area contributed by atoms with Crippen LogP contribution < -0.4 is 24.2 Å². The number of nitrogens with one attached hydrogen (secondary N) is 1. The van der Waals surface area contributed by atoms with Gasteiger partial charge in [-0.25, -0.2) is 0 Å². The summed E-state index contributed by atoms with van der Waals surface area (Å²) in [5, 5.41) is 7.15. The molecule has 2 atom stereocenters. The number of hydrogen-bond acceptors (Lipinski definition) is 3. The van der Waals surface area contributed by atoms with E-state index in [2.05, 4.69) is 17.6 Å². The zero-order valence-electron chi connectivity index (χ0n) is 17.2. The minimum Gasteiger partial charge on any atom is -0.623 e. The molecule has 144 valence electrons. The Morgan fingerprint density at radius 3 is 2.48 bits per heavy atom. The summed E-state index contributed by atoms with van der Waals surface area (Å²) in [6.07, 6.45) is 2.35. The predicted octanol–water partition coefficient (Wildman–Crippen LogP) is 1.67. The molecule has 0 aliphatic carbocycles. The average molecular weight is 382 g/mol. The summed E-state index contributed by atoms with van der Waals surface area (Å²) in [6, 6.07) is 13.7. The molecule has 29 heavy (non-hydrogen) atoms. The summed E-state index contributed by atoms with van der Waals surface area (Å²) in [7, 11) is 0. The Labute approximate surface area is 183 Å². The minimum atomic E-state index is -0.421. The van der Waals surface area contributed by atoms with Crippen LogP contribution in [0.3, 0.4) is 0 Å². The van der Waals surface area contributed by atoms with Crippen molar-refractivity contribution >= 4 is 28.9 Å². The van der Waals surface area contributed by atoms with Crippen molar-refractivity contribution in [2.75, 3.05) is 0 Å². The van der Waals surface area contributed by atoms with E-state index in [0.29, 0.717) is 16.8 Å². The van der Waals surface area contributed by atoms with Gasteiger partial charge in [0, 0.05) is 11.1 Å². The summed E-state index contributed by atoms with van der Waals surface area (Å²) in [4.78, 5) is 36.7. The van der Waals surface area contributed by atoms with E-state index in [1.807, 2.05) is 19.1 Å². The van der Waals surface area contributed by atoms with Crippen LogP contribution in [0.1, 0.15) is 53.5 Å². The van der Waals surface area contributed by atoms with Crippen molar-refractivity contribution in [3.05, 3.63) is 76.6 Å². The van der Waals surface area contributed by atoms with Crippen LogP contribution in [-0.4, -0.2) is 23.6 Å². The molecule has 2 amide bonds. The number of ketones is 1. The van der Waals surface area contributed by atoms with Crippen molar-refractivity contribution in [2.24, 2.45) is 5.92 Å². The van der Waals surface area contributed by atoms with E-state index >= 15 is 0 Å². The fourth-order valence-electron chi connectivity index (χ4n) is 3.34. The van der Waals surface area contributed by atoms with Crippen molar-refractivity contribution in [1.29, 1.82) is 0 Å². The molecule has 1 aliphatic rings. The van der Waals surface area contributed by atoms with Gasteiger partial charge in [0.25, 0.3) is 5.91 Å². The van der Waals surface area contributed by atoms with Gasteiger partial charge in [0.05, 0.1) is 11.9 Å². The van der Waals surface area contributed by atoms with Gasteiger partial charge in [-0.05, 0) is 36.1 Å². The fraction of sp³-hybridized carbons (Fsp3) is 0.261. The monoisotopic (exact) mass is 382 g/mol. The molecule has 1 aliphatic heterocycles. The van der Waals surface area contributed by atoms with Crippen LogP contribution >= 0.6 is 0 Å². The number of rotatable bonds is 5. The standard InChI is InChI=1S/C23H24N2O3.Li/c1-4-14(2)22-20(18-10-5-6-11-19(18)23(28)25-22)13-21(27)24-17-9-7-8-16(12-17)15(3)26;/h5-14,22H,4H2,1-3H3,(H2,24,25,27,28);/q;+1/p-1/b20-13-;/t14-,22-;/m0./s1. The quantitative estimate of drug-likeness (QED) is 0.485. The Bertz CT molecular complexity index is 968. The molecule has 0 unspecified atom stereocenters. The molecule has 0 bridgehead atoms. The van der Waals surface area contributed by atoms with Crippen LogP contribution in [0.5, 0.6) is 0 Å². The summed E-state index contributed by atoms with van der Waals surface area (Å²) in [6.45, 7) is 5.57. The van der Waals surface area contributed by atoms with Crippen LogP contribution in [0.25, 0.3) is 10.9 Å². The zero-order valence-corrected chi connectivity index (χ0v) is 17.2. The fourth-order valence-corrected chi connectivity index (χ4v) is 3.34. The average Bonchev–Trinajstić information content (AvgIpc) is 2.69. The van der Waals surface area contributed by atoms with Gasteiger partial charge in [-0.1, -0.05) is 62.7 Å². The van der Waals surface area contributed by atoms with E-state index in [9.17, 15) is 14.4 Å². The normalized spacial score (nSPS) is 17.6. The van der Waals surface area contributed by atoms with Crippen LogP contribution in [0.2, 0.25) is 0 Å². The molecule has 0 saturated carbocycles. The number of carbonyl (C=O) groups excluding carboxylic acids is 3. The molecule has 0 aromatic heterocycles. The third kappa shape index (κ3) is 5.06. The molecule has 1 N–H and O–H groups in total. The SMILES string of the molecule is CC[C@H](C)[C@@H]1NC(=O)c2ccccc2/C1=C/C(=O)[N-]c1cccc(C(C)=O)c1.[Li+]. The maximum Gasteiger partial charge on any atom is 1.00 e. The first-order chi connectivity index (χ1) is 13.4. The van der Waals surface area contributed by atoms with Crippen molar-refractivity contribution in [3.8, 4) is 0 Å². The van der Waals surface area contributed by atoms with Gasteiger partial charge < -0.3 is 15.4 Å². The second kappa shape index (κ2) is 9.73. The molecule has 5 nitrogen and oxygen atoms in total. The van der Waals surface area contributed by atoms with Crippen molar-refractivity contribution in [1.82, 2.24) is 5.32 Å². The van der Waals surface area contributed by atoms with E-state index in [0.717, 1.165) is 17.6 Å². The maximum atomic E-state index is 12.7. The Morgan fingerprint density at radius 1 is 1.14 bits per heavy atom. The first-order valence-electron chi connectivity index (χ1n) is 9.39. The molecule has 6 heteroatoms. The Kier molecular flexibility index (Phi) is 7.61. The molecule has 0 spiro atoms. The zero-order chi connectivity index (χ0) is 20.3. The third-order valence-electron chi connectivity index (χ3n) is 5.09. The number of nitrogens with zero attached hydrogens (tertiary/aromatic N) is 1. The van der Waals surface area contributed by atoms with Crippen molar-refractivity contribution in [3.63, 3.8) is 0 Å². The van der Waals surface area contributed by atoms with Gasteiger partial charge >= 0.3 is 18.9 Å². The molecule has 3 rings (SSSR count). The molecule has 0 radical (unpaired) electrons. The minimum absolute atomic E-state index is 0. The molecule has 0 saturated heterocycles. The maximum absolute atomic E-state index is 12.7. The molecular weight excluding hydrogens is 359 g/mol. The summed E-state index contributed by atoms with van der Waals surface area (Å²) >= 11 is 0. The van der Waals surface area contributed by atoms with Crippen molar-refractivity contribution in [2.45, 2.75) is 33.2 Å². The van der Waals surface area contributed by atoms with Gasteiger partial charge in [-0.2, -0.15) is 0 Å². The number of benzene rings is 2. The summed E-state index contributed by atoms with van der Waals surface area (Å²) in [5.74, 6) is -0.465. The van der Waals surface area contributed by atoms with Crippen LogP contribution in [0.4, 0.5) is 5.69 Å². The number of carbonyl (C=O) groups is 3. The first kappa shape index (κ1) is 22.7. The first-order valence-corrected chi connectivity index (χ1v) is 9.39. The van der Waals surface area contributed by atoms with Gasteiger partial charge in [0.1, 0.15) is 0 Å². The Morgan fingerprint density at radius 2 is 1.83 bits per heavy atom. The molecular formula is C23H23LiN2O3. The van der Waals surface area contributed by atoms with Gasteiger partial charge in [-0.3, -0.25) is 9.59 Å².